The highest BCUT2D eigenvalue weighted by molar-refractivity contribution is 7.89. The first-order valence-corrected chi connectivity index (χ1v) is 12.6. The van der Waals surface area contributed by atoms with E-state index < -0.39 is 10.0 Å². The van der Waals surface area contributed by atoms with Crippen LogP contribution in [-0.4, -0.2) is 59.3 Å². The minimum Gasteiger partial charge on any atom is -0.338 e. The molecule has 0 radical (unpaired) electrons. The third kappa shape index (κ3) is 4.41. The summed E-state index contributed by atoms with van der Waals surface area (Å²) in [6.45, 7) is 8.27. The molecule has 7 nitrogen and oxygen atoms in total. The van der Waals surface area contributed by atoms with Crippen LogP contribution in [-0.2, 0) is 10.0 Å². The van der Waals surface area contributed by atoms with E-state index in [1.54, 1.807) is 16.6 Å². The van der Waals surface area contributed by atoms with Crippen LogP contribution >= 0.6 is 0 Å². The number of rotatable bonds is 4. The summed E-state index contributed by atoms with van der Waals surface area (Å²) >= 11 is 0. The van der Waals surface area contributed by atoms with Crippen LogP contribution in [0.4, 0.5) is 0 Å². The molecule has 2 aliphatic rings. The number of carbonyl (C=O) groups excluding carboxylic acids is 1. The maximum absolute atomic E-state index is 13.4. The normalized spacial score (nSPS) is 19.6. The number of hydrogen-bond donors (Lipinski definition) is 0. The molecule has 2 aliphatic heterocycles. The van der Waals surface area contributed by atoms with Gasteiger partial charge in [0.1, 0.15) is 0 Å². The molecule has 31 heavy (non-hydrogen) atoms. The molecule has 0 saturated carbocycles. The zero-order valence-corrected chi connectivity index (χ0v) is 19.4. The molecule has 0 aliphatic carbocycles. The smallest absolute Gasteiger partial charge is 0.253 e. The number of aryl methyl sites for hydroxylation is 1. The molecule has 2 aromatic rings. The Kier molecular flexibility index (Phi) is 6.21. The number of amides is 1. The molecule has 168 valence electrons. The van der Waals surface area contributed by atoms with Crippen LogP contribution in [0.3, 0.4) is 0 Å². The highest BCUT2D eigenvalue weighted by Crippen LogP contribution is 2.29. The molecule has 2 fully saturated rings. The lowest BCUT2D eigenvalue weighted by molar-refractivity contribution is 0.0694. The van der Waals surface area contributed by atoms with Crippen molar-refractivity contribution >= 4 is 15.9 Å². The Morgan fingerprint density at radius 3 is 2.32 bits per heavy atom. The van der Waals surface area contributed by atoms with Gasteiger partial charge >= 0.3 is 0 Å². The van der Waals surface area contributed by atoms with Gasteiger partial charge in [-0.15, -0.1) is 0 Å². The van der Waals surface area contributed by atoms with Gasteiger partial charge in [0, 0.05) is 50.2 Å². The van der Waals surface area contributed by atoms with E-state index in [4.69, 9.17) is 0 Å². The summed E-state index contributed by atoms with van der Waals surface area (Å²) in [5.41, 5.74) is 2.03. The average Bonchev–Trinajstić information content (AvgIpc) is 3.30. The summed E-state index contributed by atoms with van der Waals surface area (Å²) in [5.74, 6) is 0.461. The lowest BCUT2D eigenvalue weighted by Gasteiger charge is -2.33. The van der Waals surface area contributed by atoms with E-state index in [-0.39, 0.29) is 10.8 Å². The van der Waals surface area contributed by atoms with Crippen LogP contribution in [0.15, 0.2) is 35.7 Å². The van der Waals surface area contributed by atoms with Crippen molar-refractivity contribution in [2.75, 3.05) is 26.2 Å². The Morgan fingerprint density at radius 2 is 1.71 bits per heavy atom. The van der Waals surface area contributed by atoms with Crippen molar-refractivity contribution < 1.29 is 13.2 Å². The standard InChI is InChI=1S/C23H32N4O3S/c1-17-4-11-27(12-5-17)31(29,30)22-15-20(14-18(2)19(22)3)23(28)25-9-6-21(7-10-25)26-13-8-24-16-26/h8,13-17,21H,4-7,9-12H2,1-3H3. The first-order valence-electron chi connectivity index (χ1n) is 11.2. The van der Waals surface area contributed by atoms with Gasteiger partial charge in [0.05, 0.1) is 11.2 Å². The van der Waals surface area contributed by atoms with Crippen molar-refractivity contribution in [3.8, 4) is 0 Å². The van der Waals surface area contributed by atoms with Gasteiger partial charge in [-0.2, -0.15) is 4.31 Å². The summed E-state index contributed by atoms with van der Waals surface area (Å²) in [4.78, 5) is 19.5. The van der Waals surface area contributed by atoms with Crippen molar-refractivity contribution in [3.05, 3.63) is 47.5 Å². The van der Waals surface area contributed by atoms with E-state index >= 15 is 0 Å². The molecule has 0 bridgehead atoms. The number of likely N-dealkylation sites (tertiary alicyclic amines) is 1. The van der Waals surface area contributed by atoms with Gasteiger partial charge in [-0.25, -0.2) is 13.4 Å². The van der Waals surface area contributed by atoms with Crippen LogP contribution in [0.1, 0.15) is 60.1 Å². The van der Waals surface area contributed by atoms with E-state index in [0.29, 0.717) is 43.7 Å². The fourth-order valence-electron chi connectivity index (χ4n) is 4.62. The fraction of sp³-hybridized carbons (Fsp3) is 0.565. The van der Waals surface area contributed by atoms with Crippen molar-refractivity contribution in [3.63, 3.8) is 0 Å². The maximum Gasteiger partial charge on any atom is 0.253 e. The van der Waals surface area contributed by atoms with Crippen molar-refractivity contribution in [2.24, 2.45) is 5.92 Å². The summed E-state index contributed by atoms with van der Waals surface area (Å²) in [5, 5.41) is 0. The molecule has 1 amide bonds. The van der Waals surface area contributed by atoms with E-state index in [1.807, 2.05) is 37.3 Å². The fourth-order valence-corrected chi connectivity index (χ4v) is 6.41. The first-order chi connectivity index (χ1) is 14.8. The van der Waals surface area contributed by atoms with Crippen LogP contribution in [0.2, 0.25) is 0 Å². The number of aromatic nitrogens is 2. The predicted molar refractivity (Wildman–Crippen MR) is 119 cm³/mol. The minimum atomic E-state index is -3.61. The number of piperidine rings is 2. The summed E-state index contributed by atoms with van der Waals surface area (Å²) in [6, 6.07) is 3.78. The number of hydrogen-bond acceptors (Lipinski definition) is 4. The van der Waals surface area contributed by atoms with Crippen molar-refractivity contribution in [2.45, 2.75) is 57.4 Å². The third-order valence-corrected chi connectivity index (χ3v) is 8.95. The quantitative estimate of drug-likeness (QED) is 0.724. The van der Waals surface area contributed by atoms with Crippen molar-refractivity contribution in [1.82, 2.24) is 18.8 Å². The SMILES string of the molecule is Cc1cc(C(=O)N2CCC(n3ccnc3)CC2)cc(S(=O)(=O)N2CCC(C)CC2)c1C. The van der Waals surface area contributed by atoms with Crippen LogP contribution in [0.25, 0.3) is 0 Å². The molecule has 1 aromatic heterocycles. The monoisotopic (exact) mass is 444 g/mol. The van der Waals surface area contributed by atoms with Gasteiger partial charge in [0.2, 0.25) is 10.0 Å². The van der Waals surface area contributed by atoms with Crippen molar-refractivity contribution in [1.29, 1.82) is 0 Å². The molecule has 0 spiro atoms. The number of benzene rings is 1. The molecule has 0 atom stereocenters. The molecular formula is C23H32N4O3S. The average molecular weight is 445 g/mol. The number of carbonyl (C=O) groups is 1. The highest BCUT2D eigenvalue weighted by atomic mass is 32.2. The minimum absolute atomic E-state index is 0.0871. The lowest BCUT2D eigenvalue weighted by atomic mass is 10.0. The summed E-state index contributed by atoms with van der Waals surface area (Å²) in [7, 11) is -3.61. The Hall–Kier alpha value is -2.19. The first kappa shape index (κ1) is 22.0. The Bertz CT molecular complexity index is 1030. The molecule has 2 saturated heterocycles. The van der Waals surface area contributed by atoms with Gasteiger partial charge in [-0.1, -0.05) is 6.92 Å². The van der Waals surface area contributed by atoms with Crippen LogP contribution in [0.5, 0.6) is 0 Å². The molecule has 3 heterocycles. The Morgan fingerprint density at radius 1 is 1.03 bits per heavy atom. The van der Waals surface area contributed by atoms with Gasteiger partial charge < -0.3 is 9.47 Å². The molecule has 0 unspecified atom stereocenters. The maximum atomic E-state index is 13.4. The second-order valence-corrected chi connectivity index (χ2v) is 10.9. The highest BCUT2D eigenvalue weighted by Gasteiger charge is 2.31. The molecule has 8 heteroatoms. The Labute approximate surface area is 185 Å². The lowest BCUT2D eigenvalue weighted by Crippen LogP contribution is -2.40. The molecule has 1 aromatic carbocycles. The number of nitrogens with zero attached hydrogens (tertiary/aromatic N) is 4. The van der Waals surface area contributed by atoms with E-state index in [2.05, 4.69) is 16.5 Å². The van der Waals surface area contributed by atoms with Gasteiger partial charge in [0.25, 0.3) is 5.91 Å². The predicted octanol–water partition coefficient (Wildman–Crippen LogP) is 3.40. The number of sulfonamides is 1. The van der Waals surface area contributed by atoms with Crippen LogP contribution in [0, 0.1) is 19.8 Å². The molecule has 0 N–H and O–H groups in total. The van der Waals surface area contributed by atoms with Gasteiger partial charge in [-0.3, -0.25) is 4.79 Å². The van der Waals surface area contributed by atoms with Crippen LogP contribution < -0.4 is 0 Å². The molecule has 4 rings (SSSR count). The van der Waals surface area contributed by atoms with E-state index in [0.717, 1.165) is 36.8 Å². The molecular weight excluding hydrogens is 412 g/mol. The van der Waals surface area contributed by atoms with E-state index in [9.17, 15) is 13.2 Å². The second kappa shape index (κ2) is 8.74. The topological polar surface area (TPSA) is 75.5 Å². The summed E-state index contributed by atoms with van der Waals surface area (Å²) in [6.07, 6.45) is 9.04. The van der Waals surface area contributed by atoms with Gasteiger partial charge in [-0.05, 0) is 68.7 Å². The Balaban J connectivity index is 1.54. The second-order valence-electron chi connectivity index (χ2n) is 9.04. The zero-order valence-electron chi connectivity index (χ0n) is 18.6. The largest absolute Gasteiger partial charge is 0.338 e. The zero-order chi connectivity index (χ0) is 22.2. The van der Waals surface area contributed by atoms with E-state index in [1.165, 1.54) is 0 Å². The number of imidazole rings is 1. The van der Waals surface area contributed by atoms with Gasteiger partial charge in [0.15, 0.2) is 0 Å². The third-order valence-electron chi connectivity index (χ3n) is 6.93. The summed E-state index contributed by atoms with van der Waals surface area (Å²) < 4.78 is 30.5.